The third-order valence-electron chi connectivity index (χ3n) is 2.41. The first-order valence-electron chi connectivity index (χ1n) is 5.22. The summed E-state index contributed by atoms with van der Waals surface area (Å²) in [6, 6.07) is 7.11. The molecule has 1 aromatic carbocycles. The fraction of sp³-hybridized carbons (Fsp3) is 0. The molecule has 0 radical (unpaired) electrons. The number of aromatic nitrogens is 4. The van der Waals surface area contributed by atoms with Crippen LogP contribution in [0.4, 0.5) is 11.5 Å². The number of rotatable bonds is 2. The Morgan fingerprint density at radius 2 is 2.05 bits per heavy atom. The van der Waals surface area contributed by atoms with Gasteiger partial charge in [-0.15, -0.1) is 0 Å². The predicted molar refractivity (Wildman–Crippen MR) is 78.2 cm³/mol. The lowest BCUT2D eigenvalue weighted by Gasteiger charge is -2.10. The fourth-order valence-electron chi connectivity index (χ4n) is 1.60. The van der Waals surface area contributed by atoms with Crippen LogP contribution < -0.4 is 5.32 Å². The largest absolute Gasteiger partial charge is 0.339 e. The molecule has 0 saturated heterocycles. The van der Waals surface area contributed by atoms with E-state index in [1.165, 1.54) is 6.33 Å². The van der Waals surface area contributed by atoms with Crippen LogP contribution in [0.2, 0.25) is 10.2 Å². The van der Waals surface area contributed by atoms with E-state index in [4.69, 9.17) is 23.2 Å². The second kappa shape index (κ2) is 4.96. The molecule has 0 fully saturated rings. The van der Waals surface area contributed by atoms with Gasteiger partial charge >= 0.3 is 0 Å². The molecule has 0 unspecified atom stereocenters. The Morgan fingerprint density at radius 3 is 2.84 bits per heavy atom. The van der Waals surface area contributed by atoms with E-state index in [9.17, 15) is 0 Å². The van der Waals surface area contributed by atoms with Crippen molar-refractivity contribution in [3.63, 3.8) is 0 Å². The van der Waals surface area contributed by atoms with Crippen molar-refractivity contribution in [3.05, 3.63) is 45.2 Å². The molecule has 3 aromatic rings. The van der Waals surface area contributed by atoms with Crippen molar-refractivity contribution in [3.8, 4) is 0 Å². The van der Waals surface area contributed by atoms with Crippen LogP contribution in [0, 0.1) is 0 Å². The molecule has 1 N–H and O–H groups in total. The summed E-state index contributed by atoms with van der Waals surface area (Å²) < 4.78 is 2.40. The van der Waals surface area contributed by atoms with E-state index in [0.717, 1.165) is 10.2 Å². The van der Waals surface area contributed by atoms with Gasteiger partial charge in [0.15, 0.2) is 0 Å². The average Bonchev–Trinajstić information content (AvgIpc) is 2.80. The van der Waals surface area contributed by atoms with E-state index >= 15 is 0 Å². The molecule has 0 aliphatic heterocycles. The third-order valence-corrected chi connectivity index (χ3v) is 3.50. The average molecular weight is 359 g/mol. The number of nitrogens with one attached hydrogen (secondary N) is 1. The third kappa shape index (κ3) is 2.51. The smallest absolute Gasteiger partial charge is 0.255 e. The first-order valence-corrected chi connectivity index (χ1v) is 6.77. The lowest BCUT2D eigenvalue weighted by Crippen LogP contribution is -2.02. The Morgan fingerprint density at radius 1 is 1.21 bits per heavy atom. The van der Waals surface area contributed by atoms with Gasteiger partial charge in [-0.05, 0) is 34.1 Å². The molecule has 3 rings (SSSR count). The monoisotopic (exact) mass is 357 g/mol. The summed E-state index contributed by atoms with van der Waals surface area (Å²) in [4.78, 5) is 8.06. The zero-order valence-electron chi connectivity index (χ0n) is 9.31. The summed E-state index contributed by atoms with van der Waals surface area (Å²) in [6.45, 7) is 0. The van der Waals surface area contributed by atoms with Crippen LogP contribution in [-0.2, 0) is 0 Å². The first-order chi connectivity index (χ1) is 9.13. The molecule has 0 aliphatic rings. The molecule has 0 atom stereocenters. The number of hydrogen-bond donors (Lipinski definition) is 1. The van der Waals surface area contributed by atoms with Crippen molar-refractivity contribution in [1.29, 1.82) is 0 Å². The molecular formula is C11H6BrCl2N5. The van der Waals surface area contributed by atoms with E-state index in [1.807, 2.05) is 6.07 Å². The maximum Gasteiger partial charge on any atom is 0.255 e. The molecule has 2 aromatic heterocycles. The lowest BCUT2D eigenvalue weighted by atomic mass is 10.3. The molecule has 96 valence electrons. The highest BCUT2D eigenvalue weighted by Gasteiger charge is 2.08. The van der Waals surface area contributed by atoms with Crippen LogP contribution in [0.5, 0.6) is 0 Å². The Labute approximate surface area is 126 Å². The Hall–Kier alpha value is -1.37. The Bertz CT molecular complexity index is 758. The van der Waals surface area contributed by atoms with Gasteiger partial charge in [-0.25, -0.2) is 0 Å². The summed E-state index contributed by atoms with van der Waals surface area (Å²) in [5.74, 6) is 1.09. The maximum atomic E-state index is 5.95. The van der Waals surface area contributed by atoms with Crippen molar-refractivity contribution >= 4 is 56.4 Å². The van der Waals surface area contributed by atoms with Crippen molar-refractivity contribution < 1.29 is 0 Å². The van der Waals surface area contributed by atoms with Gasteiger partial charge in [0.25, 0.3) is 5.78 Å². The summed E-state index contributed by atoms with van der Waals surface area (Å²) in [7, 11) is 0. The van der Waals surface area contributed by atoms with Gasteiger partial charge in [0.2, 0.25) is 0 Å². The number of anilines is 2. The van der Waals surface area contributed by atoms with Crippen LogP contribution in [0.25, 0.3) is 5.78 Å². The molecule has 5 nitrogen and oxygen atoms in total. The van der Waals surface area contributed by atoms with Crippen molar-refractivity contribution in [2.75, 3.05) is 5.32 Å². The molecule has 2 heterocycles. The molecule has 19 heavy (non-hydrogen) atoms. The van der Waals surface area contributed by atoms with Crippen molar-refractivity contribution in [2.45, 2.75) is 0 Å². The molecule has 8 heteroatoms. The van der Waals surface area contributed by atoms with Crippen molar-refractivity contribution in [2.24, 2.45) is 0 Å². The zero-order chi connectivity index (χ0) is 13.4. The summed E-state index contributed by atoms with van der Waals surface area (Å²) in [5.41, 5.74) is 0.837. The van der Waals surface area contributed by atoms with Gasteiger partial charge in [0.1, 0.15) is 17.3 Å². The number of benzene rings is 1. The summed E-state index contributed by atoms with van der Waals surface area (Å²) >= 11 is 15.3. The number of halogens is 3. The number of hydrogen-bond acceptors (Lipinski definition) is 4. The van der Waals surface area contributed by atoms with Gasteiger partial charge < -0.3 is 5.32 Å². The molecule has 0 spiro atoms. The highest BCUT2D eigenvalue weighted by Crippen LogP contribution is 2.29. The number of fused-ring (bicyclic) bond motifs is 1. The van der Waals surface area contributed by atoms with Crippen LogP contribution in [0.3, 0.4) is 0 Å². The SMILES string of the molecule is Clc1ccc(Nc2cc(Cl)nc3ncnn23)c(Br)c1. The second-order valence-electron chi connectivity index (χ2n) is 3.69. The molecule has 0 amide bonds. The van der Waals surface area contributed by atoms with E-state index in [0.29, 0.717) is 21.8 Å². The molecular weight excluding hydrogens is 353 g/mol. The number of nitrogens with zero attached hydrogens (tertiary/aromatic N) is 4. The molecule has 0 saturated carbocycles. The Balaban J connectivity index is 2.07. The standard InChI is InChI=1S/C11H6BrCl2N5/c12-7-3-6(13)1-2-8(7)17-10-4-9(14)18-11-15-5-16-19(10)11/h1-5,17H. The molecule has 0 aliphatic carbocycles. The zero-order valence-corrected chi connectivity index (χ0v) is 12.4. The van der Waals surface area contributed by atoms with Crippen molar-refractivity contribution in [1.82, 2.24) is 19.6 Å². The van der Waals surface area contributed by atoms with Gasteiger partial charge in [0, 0.05) is 15.6 Å². The van der Waals surface area contributed by atoms with Crippen LogP contribution >= 0.6 is 39.1 Å². The van der Waals surface area contributed by atoms with Gasteiger partial charge in [0.05, 0.1) is 5.69 Å². The van der Waals surface area contributed by atoms with Crippen LogP contribution in [0.15, 0.2) is 35.1 Å². The minimum absolute atomic E-state index is 0.341. The lowest BCUT2D eigenvalue weighted by molar-refractivity contribution is 0.947. The van der Waals surface area contributed by atoms with E-state index in [-0.39, 0.29) is 0 Å². The van der Waals surface area contributed by atoms with Gasteiger partial charge in [-0.2, -0.15) is 19.6 Å². The summed E-state index contributed by atoms with van der Waals surface area (Å²) in [6.07, 6.45) is 1.42. The minimum atomic E-state index is 0.341. The predicted octanol–water partition coefficient (Wildman–Crippen LogP) is 3.94. The maximum absolute atomic E-state index is 5.95. The van der Waals surface area contributed by atoms with Gasteiger partial charge in [-0.1, -0.05) is 23.2 Å². The van der Waals surface area contributed by atoms with E-state index in [2.05, 4.69) is 36.3 Å². The highest BCUT2D eigenvalue weighted by atomic mass is 79.9. The fourth-order valence-corrected chi connectivity index (χ4v) is 2.56. The summed E-state index contributed by atoms with van der Waals surface area (Å²) in [5, 5.41) is 8.27. The second-order valence-corrected chi connectivity index (χ2v) is 5.36. The Kier molecular flexibility index (Phi) is 3.30. The van der Waals surface area contributed by atoms with Crippen LogP contribution in [-0.4, -0.2) is 19.6 Å². The van der Waals surface area contributed by atoms with E-state index in [1.54, 1.807) is 22.7 Å². The van der Waals surface area contributed by atoms with Crippen LogP contribution in [0.1, 0.15) is 0 Å². The highest BCUT2D eigenvalue weighted by molar-refractivity contribution is 9.10. The minimum Gasteiger partial charge on any atom is -0.339 e. The quantitative estimate of drug-likeness (QED) is 0.705. The van der Waals surface area contributed by atoms with Gasteiger partial charge in [-0.3, -0.25) is 0 Å². The first kappa shape index (κ1) is 12.7. The molecule has 0 bridgehead atoms. The van der Waals surface area contributed by atoms with E-state index < -0.39 is 0 Å². The topological polar surface area (TPSA) is 55.1 Å². The normalized spacial score (nSPS) is 10.9.